The van der Waals surface area contributed by atoms with E-state index in [1.54, 1.807) is 25.1 Å². The summed E-state index contributed by atoms with van der Waals surface area (Å²) in [6.45, 7) is 1.80. The highest BCUT2D eigenvalue weighted by Gasteiger charge is 2.10. The van der Waals surface area contributed by atoms with E-state index >= 15 is 0 Å². The minimum Gasteiger partial charge on any atom is -0.294 e. The summed E-state index contributed by atoms with van der Waals surface area (Å²) in [5.41, 5.74) is 0.700. The predicted octanol–water partition coefficient (Wildman–Crippen LogP) is 2.22. The fraction of sp³-hybridized carbons (Fsp3) is 0.154. The number of halogens is 2. The molecule has 0 unspecified atom stereocenters. The smallest absolute Gasteiger partial charge is 0.267 e. The van der Waals surface area contributed by atoms with E-state index < -0.39 is 5.82 Å². The van der Waals surface area contributed by atoms with Gasteiger partial charge in [-0.05, 0) is 35.6 Å². The molecule has 2 aromatic rings. The van der Waals surface area contributed by atoms with E-state index in [4.69, 9.17) is 5.26 Å². The van der Waals surface area contributed by atoms with E-state index in [2.05, 4.69) is 4.98 Å². The Balaban J connectivity index is 2.46. The van der Waals surface area contributed by atoms with Crippen LogP contribution in [0.2, 0.25) is 0 Å². The standard InChI is InChI=1S/C13H9FIN3O/c1-8-12(15)13(19)18(7-17-8)6-10-4-2-3-9(5-16)11(10)14/h2-4,7H,6H2,1H3. The topological polar surface area (TPSA) is 58.7 Å². The second-order valence-electron chi connectivity index (χ2n) is 3.97. The molecule has 0 N–H and O–H groups in total. The normalized spacial score (nSPS) is 10.2. The van der Waals surface area contributed by atoms with E-state index in [1.165, 1.54) is 17.0 Å². The Kier molecular flexibility index (Phi) is 3.95. The molecule has 0 atom stereocenters. The first-order valence-electron chi connectivity index (χ1n) is 5.43. The van der Waals surface area contributed by atoms with Crippen molar-refractivity contribution in [3.63, 3.8) is 0 Å². The largest absolute Gasteiger partial charge is 0.294 e. The lowest BCUT2D eigenvalue weighted by atomic mass is 10.1. The summed E-state index contributed by atoms with van der Waals surface area (Å²) in [4.78, 5) is 16.1. The lowest BCUT2D eigenvalue weighted by Gasteiger charge is -2.08. The third-order valence-electron chi connectivity index (χ3n) is 2.70. The van der Waals surface area contributed by atoms with Crippen molar-refractivity contribution in [3.05, 3.63) is 61.1 Å². The van der Waals surface area contributed by atoms with Crippen LogP contribution in [0.1, 0.15) is 16.8 Å². The van der Waals surface area contributed by atoms with Gasteiger partial charge in [0.15, 0.2) is 0 Å². The number of hydrogen-bond acceptors (Lipinski definition) is 3. The van der Waals surface area contributed by atoms with E-state index in [-0.39, 0.29) is 17.7 Å². The van der Waals surface area contributed by atoms with Crippen LogP contribution in [-0.4, -0.2) is 9.55 Å². The number of aryl methyl sites for hydroxylation is 1. The third kappa shape index (κ3) is 2.66. The summed E-state index contributed by atoms with van der Waals surface area (Å²) in [5, 5.41) is 8.77. The molecular weight excluding hydrogens is 360 g/mol. The highest BCUT2D eigenvalue weighted by molar-refractivity contribution is 14.1. The number of nitriles is 1. The highest BCUT2D eigenvalue weighted by Crippen LogP contribution is 2.13. The highest BCUT2D eigenvalue weighted by atomic mass is 127. The van der Waals surface area contributed by atoms with E-state index in [0.717, 1.165) is 0 Å². The van der Waals surface area contributed by atoms with Crippen LogP contribution in [0.5, 0.6) is 0 Å². The third-order valence-corrected chi connectivity index (χ3v) is 3.94. The van der Waals surface area contributed by atoms with Crippen LogP contribution in [0.4, 0.5) is 4.39 Å². The summed E-state index contributed by atoms with van der Waals surface area (Å²) in [6, 6.07) is 6.32. The van der Waals surface area contributed by atoms with E-state index in [0.29, 0.717) is 14.8 Å². The maximum absolute atomic E-state index is 13.9. The van der Waals surface area contributed by atoms with Crippen molar-refractivity contribution in [3.8, 4) is 6.07 Å². The zero-order valence-electron chi connectivity index (χ0n) is 10.0. The molecule has 96 valence electrons. The van der Waals surface area contributed by atoms with Crippen LogP contribution in [-0.2, 0) is 6.54 Å². The second kappa shape index (κ2) is 5.48. The van der Waals surface area contributed by atoms with Crippen molar-refractivity contribution in [1.29, 1.82) is 5.26 Å². The number of aromatic nitrogens is 2. The summed E-state index contributed by atoms with van der Waals surface area (Å²) in [5.74, 6) is -0.590. The number of benzene rings is 1. The van der Waals surface area contributed by atoms with Crippen molar-refractivity contribution in [2.45, 2.75) is 13.5 Å². The van der Waals surface area contributed by atoms with Crippen LogP contribution >= 0.6 is 22.6 Å². The molecule has 19 heavy (non-hydrogen) atoms. The van der Waals surface area contributed by atoms with Gasteiger partial charge in [-0.1, -0.05) is 12.1 Å². The molecule has 0 fully saturated rings. The van der Waals surface area contributed by atoms with Crippen LogP contribution < -0.4 is 5.56 Å². The Hall–Kier alpha value is -1.75. The first-order valence-corrected chi connectivity index (χ1v) is 6.51. The zero-order valence-corrected chi connectivity index (χ0v) is 12.2. The van der Waals surface area contributed by atoms with E-state index in [9.17, 15) is 9.18 Å². The Morgan fingerprint density at radius 3 is 2.95 bits per heavy atom. The number of rotatable bonds is 2. The molecular formula is C13H9FIN3O. The van der Waals surface area contributed by atoms with Gasteiger partial charge in [-0.3, -0.25) is 9.36 Å². The molecule has 0 saturated heterocycles. The molecule has 0 aliphatic carbocycles. The molecule has 0 saturated carbocycles. The fourth-order valence-corrected chi connectivity index (χ4v) is 2.08. The van der Waals surface area contributed by atoms with Crippen molar-refractivity contribution >= 4 is 22.6 Å². The summed E-state index contributed by atoms with van der Waals surface area (Å²) >= 11 is 1.92. The molecule has 0 spiro atoms. The molecule has 1 aromatic heterocycles. The number of hydrogen-bond donors (Lipinski definition) is 0. The van der Waals surface area contributed by atoms with Crippen LogP contribution in [0.25, 0.3) is 0 Å². The summed E-state index contributed by atoms with van der Waals surface area (Å²) < 4.78 is 15.7. The van der Waals surface area contributed by atoms with Crippen LogP contribution in [0.3, 0.4) is 0 Å². The summed E-state index contributed by atoms with van der Waals surface area (Å²) in [7, 11) is 0. The first kappa shape index (κ1) is 13.7. The Morgan fingerprint density at radius 1 is 1.53 bits per heavy atom. The average molecular weight is 369 g/mol. The first-order chi connectivity index (χ1) is 9.04. The minimum atomic E-state index is -0.590. The van der Waals surface area contributed by atoms with Crippen molar-refractivity contribution in [1.82, 2.24) is 9.55 Å². The van der Waals surface area contributed by atoms with Gasteiger partial charge in [-0.15, -0.1) is 0 Å². The van der Waals surface area contributed by atoms with Crippen LogP contribution in [0.15, 0.2) is 29.3 Å². The molecule has 6 heteroatoms. The fourth-order valence-electron chi connectivity index (χ4n) is 1.63. The lowest BCUT2D eigenvalue weighted by molar-refractivity contribution is 0.590. The summed E-state index contributed by atoms with van der Waals surface area (Å²) in [6.07, 6.45) is 1.39. The van der Waals surface area contributed by atoms with Crippen molar-refractivity contribution in [2.24, 2.45) is 0 Å². The molecule has 2 rings (SSSR count). The monoisotopic (exact) mass is 369 g/mol. The lowest BCUT2D eigenvalue weighted by Crippen LogP contribution is -2.25. The minimum absolute atomic E-state index is 0.0275. The molecule has 0 radical (unpaired) electrons. The maximum atomic E-state index is 13.9. The second-order valence-corrected chi connectivity index (χ2v) is 5.05. The van der Waals surface area contributed by atoms with Gasteiger partial charge in [0.05, 0.1) is 27.7 Å². The van der Waals surface area contributed by atoms with Gasteiger partial charge in [0.1, 0.15) is 11.9 Å². The van der Waals surface area contributed by atoms with Gasteiger partial charge in [0.25, 0.3) is 5.56 Å². The average Bonchev–Trinajstić information content (AvgIpc) is 2.41. The molecule has 0 bridgehead atoms. The van der Waals surface area contributed by atoms with Gasteiger partial charge in [-0.2, -0.15) is 5.26 Å². The molecule has 1 aromatic carbocycles. The predicted molar refractivity (Wildman–Crippen MR) is 76.2 cm³/mol. The Labute approximate surface area is 122 Å². The molecule has 0 aliphatic rings. The quantitative estimate of drug-likeness (QED) is 0.763. The van der Waals surface area contributed by atoms with Crippen LogP contribution in [0, 0.1) is 27.6 Å². The van der Waals surface area contributed by atoms with Gasteiger partial charge < -0.3 is 0 Å². The molecule has 1 heterocycles. The number of nitrogens with zero attached hydrogens (tertiary/aromatic N) is 3. The van der Waals surface area contributed by atoms with Gasteiger partial charge in [0, 0.05) is 5.56 Å². The van der Waals surface area contributed by atoms with Gasteiger partial charge >= 0.3 is 0 Å². The Bertz CT molecular complexity index is 734. The van der Waals surface area contributed by atoms with E-state index in [1.807, 2.05) is 22.6 Å². The molecule has 0 amide bonds. The van der Waals surface area contributed by atoms with Gasteiger partial charge in [-0.25, -0.2) is 9.37 Å². The maximum Gasteiger partial charge on any atom is 0.267 e. The van der Waals surface area contributed by atoms with Crippen molar-refractivity contribution in [2.75, 3.05) is 0 Å². The SMILES string of the molecule is Cc1ncn(Cc2cccc(C#N)c2F)c(=O)c1I. The van der Waals surface area contributed by atoms with Gasteiger partial charge in [0.2, 0.25) is 0 Å². The van der Waals surface area contributed by atoms with Crippen molar-refractivity contribution < 1.29 is 4.39 Å². The molecule has 0 aliphatic heterocycles. The Morgan fingerprint density at radius 2 is 2.26 bits per heavy atom. The molecule has 4 nitrogen and oxygen atoms in total. The zero-order chi connectivity index (χ0) is 14.0.